The third-order valence-electron chi connectivity index (χ3n) is 2.98. The highest BCUT2D eigenvalue weighted by atomic mass is 16.5. The lowest BCUT2D eigenvalue weighted by Crippen LogP contribution is -2.24. The van der Waals surface area contributed by atoms with Crippen LogP contribution in [0.2, 0.25) is 0 Å². The summed E-state index contributed by atoms with van der Waals surface area (Å²) in [5, 5.41) is 3.37. The van der Waals surface area contributed by atoms with Gasteiger partial charge in [-0.2, -0.15) is 0 Å². The van der Waals surface area contributed by atoms with Crippen LogP contribution in [0, 0.1) is 0 Å². The smallest absolute Gasteiger partial charge is 0.164 e. The minimum absolute atomic E-state index is 0.768. The molecular formula is C12H15NO2. The molecule has 0 spiro atoms. The maximum atomic E-state index is 5.79. The monoisotopic (exact) mass is 205 g/mol. The summed E-state index contributed by atoms with van der Waals surface area (Å²) in [5.41, 5.74) is 2.69. The second-order valence-corrected chi connectivity index (χ2v) is 4.01. The summed E-state index contributed by atoms with van der Waals surface area (Å²) in [4.78, 5) is 0. The summed E-state index contributed by atoms with van der Waals surface area (Å²) in [7, 11) is 0. The molecule has 15 heavy (non-hydrogen) atoms. The number of ether oxygens (including phenoxy) is 2. The summed E-state index contributed by atoms with van der Waals surface area (Å²) < 4.78 is 11.5. The molecule has 0 saturated heterocycles. The standard InChI is InChI=1S/C12H15NO2/c1-6-14-11-3-2-9-8-13-5-4-10(9)12(11)15-7-1/h2-3,13H,1,4-8H2. The van der Waals surface area contributed by atoms with Gasteiger partial charge in [0.25, 0.3) is 0 Å². The minimum atomic E-state index is 0.768. The number of nitrogens with one attached hydrogen (secondary N) is 1. The van der Waals surface area contributed by atoms with Gasteiger partial charge in [0.1, 0.15) is 0 Å². The third kappa shape index (κ3) is 1.57. The summed E-state index contributed by atoms with van der Waals surface area (Å²) in [6.45, 7) is 3.53. The number of hydrogen-bond acceptors (Lipinski definition) is 3. The Balaban J connectivity index is 2.08. The van der Waals surface area contributed by atoms with Gasteiger partial charge < -0.3 is 14.8 Å². The van der Waals surface area contributed by atoms with E-state index in [9.17, 15) is 0 Å². The summed E-state index contributed by atoms with van der Waals surface area (Å²) >= 11 is 0. The van der Waals surface area contributed by atoms with Crippen LogP contribution < -0.4 is 14.8 Å². The van der Waals surface area contributed by atoms with Crippen molar-refractivity contribution in [2.24, 2.45) is 0 Å². The van der Waals surface area contributed by atoms with E-state index < -0.39 is 0 Å². The summed E-state index contributed by atoms with van der Waals surface area (Å²) in [6, 6.07) is 4.18. The van der Waals surface area contributed by atoms with Crippen molar-refractivity contribution in [1.29, 1.82) is 0 Å². The lowest BCUT2D eigenvalue weighted by atomic mass is 9.99. The van der Waals surface area contributed by atoms with E-state index in [1.807, 2.05) is 6.07 Å². The molecule has 0 aromatic heterocycles. The zero-order chi connectivity index (χ0) is 10.1. The summed E-state index contributed by atoms with van der Waals surface area (Å²) in [5.74, 6) is 1.92. The van der Waals surface area contributed by atoms with E-state index in [1.54, 1.807) is 0 Å². The Kier molecular flexibility index (Phi) is 2.25. The van der Waals surface area contributed by atoms with Crippen LogP contribution in [-0.2, 0) is 13.0 Å². The maximum absolute atomic E-state index is 5.79. The molecule has 0 atom stereocenters. The van der Waals surface area contributed by atoms with Crippen molar-refractivity contribution in [3.05, 3.63) is 23.3 Å². The topological polar surface area (TPSA) is 30.5 Å². The highest BCUT2D eigenvalue weighted by Gasteiger charge is 2.19. The first-order valence-corrected chi connectivity index (χ1v) is 5.56. The second kappa shape index (κ2) is 3.74. The van der Waals surface area contributed by atoms with Crippen molar-refractivity contribution in [3.8, 4) is 11.5 Å². The van der Waals surface area contributed by atoms with Gasteiger partial charge in [0.2, 0.25) is 0 Å². The third-order valence-corrected chi connectivity index (χ3v) is 2.98. The largest absolute Gasteiger partial charge is 0.490 e. The van der Waals surface area contributed by atoms with E-state index >= 15 is 0 Å². The van der Waals surface area contributed by atoms with Crippen LogP contribution in [0.4, 0.5) is 0 Å². The molecule has 0 radical (unpaired) electrons. The molecule has 0 saturated carbocycles. The molecule has 1 N–H and O–H groups in total. The first kappa shape index (κ1) is 9.04. The molecule has 3 heteroatoms. The molecule has 1 aromatic rings. The van der Waals surface area contributed by atoms with E-state index in [-0.39, 0.29) is 0 Å². The van der Waals surface area contributed by atoms with Crippen LogP contribution in [0.1, 0.15) is 17.5 Å². The van der Waals surface area contributed by atoms with Gasteiger partial charge in [0, 0.05) is 18.5 Å². The SMILES string of the molecule is c1cc2c(c3c1CNCC3)OCCCO2. The number of rotatable bonds is 0. The Morgan fingerprint density at radius 1 is 1.13 bits per heavy atom. The summed E-state index contributed by atoms with van der Waals surface area (Å²) in [6.07, 6.45) is 2.02. The molecule has 2 aliphatic rings. The second-order valence-electron chi connectivity index (χ2n) is 4.01. The normalized spacial score (nSPS) is 19.2. The molecule has 80 valence electrons. The van der Waals surface area contributed by atoms with Crippen LogP contribution in [-0.4, -0.2) is 19.8 Å². The van der Waals surface area contributed by atoms with Gasteiger partial charge in [-0.25, -0.2) is 0 Å². The Morgan fingerprint density at radius 3 is 3.07 bits per heavy atom. The number of fused-ring (bicyclic) bond motifs is 3. The number of hydrogen-bond donors (Lipinski definition) is 1. The molecule has 3 nitrogen and oxygen atoms in total. The van der Waals surface area contributed by atoms with Gasteiger partial charge in [-0.05, 0) is 24.6 Å². The average Bonchev–Trinajstić information content (AvgIpc) is 2.54. The molecule has 0 amide bonds. The van der Waals surface area contributed by atoms with Crippen LogP contribution in [0.25, 0.3) is 0 Å². The first-order valence-electron chi connectivity index (χ1n) is 5.56. The van der Waals surface area contributed by atoms with Gasteiger partial charge in [-0.1, -0.05) is 6.07 Å². The molecular weight excluding hydrogens is 190 g/mol. The number of benzene rings is 1. The van der Waals surface area contributed by atoms with Crippen molar-refractivity contribution in [2.75, 3.05) is 19.8 Å². The van der Waals surface area contributed by atoms with Gasteiger partial charge in [0.15, 0.2) is 11.5 Å². The van der Waals surface area contributed by atoms with Gasteiger partial charge in [0.05, 0.1) is 13.2 Å². The van der Waals surface area contributed by atoms with Gasteiger partial charge in [-0.3, -0.25) is 0 Å². The van der Waals surface area contributed by atoms with Crippen molar-refractivity contribution < 1.29 is 9.47 Å². The first-order chi connectivity index (χ1) is 7.45. The van der Waals surface area contributed by atoms with E-state index in [4.69, 9.17) is 9.47 Å². The average molecular weight is 205 g/mol. The Bertz CT molecular complexity index is 376. The quantitative estimate of drug-likeness (QED) is 0.696. The van der Waals surface area contributed by atoms with E-state index in [0.717, 1.165) is 50.6 Å². The predicted octanol–water partition coefficient (Wildman–Crippen LogP) is 1.49. The molecule has 0 bridgehead atoms. The lowest BCUT2D eigenvalue weighted by Gasteiger charge is -2.21. The molecule has 2 heterocycles. The van der Waals surface area contributed by atoms with Crippen molar-refractivity contribution >= 4 is 0 Å². The fourth-order valence-electron chi connectivity index (χ4n) is 2.21. The minimum Gasteiger partial charge on any atom is -0.490 e. The predicted molar refractivity (Wildman–Crippen MR) is 57.5 cm³/mol. The molecule has 2 aliphatic heterocycles. The van der Waals surface area contributed by atoms with Crippen LogP contribution in [0.3, 0.4) is 0 Å². The Labute approximate surface area is 89.4 Å². The van der Waals surface area contributed by atoms with Crippen LogP contribution >= 0.6 is 0 Å². The fourth-order valence-corrected chi connectivity index (χ4v) is 2.21. The fraction of sp³-hybridized carbons (Fsp3) is 0.500. The Hall–Kier alpha value is -1.22. The van der Waals surface area contributed by atoms with E-state index in [2.05, 4.69) is 11.4 Å². The van der Waals surface area contributed by atoms with Crippen molar-refractivity contribution in [3.63, 3.8) is 0 Å². The zero-order valence-electron chi connectivity index (χ0n) is 8.71. The highest BCUT2D eigenvalue weighted by Crippen LogP contribution is 2.36. The van der Waals surface area contributed by atoms with Crippen molar-refractivity contribution in [1.82, 2.24) is 5.32 Å². The van der Waals surface area contributed by atoms with Gasteiger partial charge >= 0.3 is 0 Å². The van der Waals surface area contributed by atoms with Crippen molar-refractivity contribution in [2.45, 2.75) is 19.4 Å². The van der Waals surface area contributed by atoms with Crippen LogP contribution in [0.15, 0.2) is 12.1 Å². The van der Waals surface area contributed by atoms with Gasteiger partial charge in [-0.15, -0.1) is 0 Å². The molecule has 0 aliphatic carbocycles. The van der Waals surface area contributed by atoms with Crippen LogP contribution in [0.5, 0.6) is 11.5 Å². The molecule has 3 rings (SSSR count). The van der Waals surface area contributed by atoms with E-state index in [1.165, 1.54) is 11.1 Å². The Morgan fingerprint density at radius 2 is 2.07 bits per heavy atom. The lowest BCUT2D eigenvalue weighted by molar-refractivity contribution is 0.296. The highest BCUT2D eigenvalue weighted by molar-refractivity contribution is 5.52. The van der Waals surface area contributed by atoms with E-state index in [0.29, 0.717) is 0 Å². The molecule has 0 unspecified atom stereocenters. The molecule has 1 aromatic carbocycles. The zero-order valence-corrected chi connectivity index (χ0v) is 8.71. The maximum Gasteiger partial charge on any atom is 0.164 e. The molecule has 0 fully saturated rings.